The van der Waals surface area contributed by atoms with Crippen LogP contribution in [0, 0.1) is 0 Å². The number of rotatable bonds is 5. The minimum Gasteiger partial charge on any atom is -0.361 e. The predicted molar refractivity (Wildman–Crippen MR) is 43.6 cm³/mol. The van der Waals surface area contributed by atoms with E-state index in [9.17, 15) is 8.42 Å². The molecule has 0 saturated carbocycles. The summed E-state index contributed by atoms with van der Waals surface area (Å²) in [5, 5.41) is 0.883. The number of hydrogen-bond acceptors (Lipinski definition) is 4. The molecule has 1 unspecified atom stereocenters. The fourth-order valence-electron chi connectivity index (χ4n) is 0.464. The van der Waals surface area contributed by atoms with Gasteiger partial charge in [0.25, 0.3) is 0 Å². The van der Waals surface area contributed by atoms with Crippen molar-refractivity contribution in [2.75, 3.05) is 13.2 Å². The molecule has 5 heteroatoms. The number of sulfone groups is 1. The van der Waals surface area contributed by atoms with E-state index in [4.69, 9.17) is 10.5 Å². The van der Waals surface area contributed by atoms with Crippen LogP contribution >= 0.6 is 0 Å². The first kappa shape index (κ1) is 10.6. The van der Waals surface area contributed by atoms with Gasteiger partial charge in [-0.1, -0.05) is 6.58 Å². The Morgan fingerprint density at radius 1 is 1.73 bits per heavy atom. The molecule has 0 fully saturated rings. The lowest BCUT2D eigenvalue weighted by atomic mass is 10.7. The summed E-state index contributed by atoms with van der Waals surface area (Å²) in [6.07, 6.45) is 0. The second-order valence-electron chi connectivity index (χ2n) is 1.98. The Kier molecular flexibility index (Phi) is 4.32. The van der Waals surface area contributed by atoms with E-state index < -0.39 is 15.3 Å². The van der Waals surface area contributed by atoms with Crippen LogP contribution in [0.4, 0.5) is 0 Å². The molecule has 0 aromatic heterocycles. The molecule has 4 nitrogen and oxygen atoms in total. The molecule has 0 heterocycles. The maximum atomic E-state index is 10.9. The molecule has 2 N–H and O–H groups in total. The topological polar surface area (TPSA) is 69.4 Å². The minimum absolute atomic E-state index is 0.244. The lowest BCUT2D eigenvalue weighted by Gasteiger charge is -2.09. The van der Waals surface area contributed by atoms with Crippen LogP contribution < -0.4 is 5.73 Å². The van der Waals surface area contributed by atoms with Crippen LogP contribution in [0.25, 0.3) is 0 Å². The Labute approximate surface area is 67.0 Å². The molecule has 0 aromatic rings. The summed E-state index contributed by atoms with van der Waals surface area (Å²) in [5.74, 6) is 0. The molecule has 0 bridgehead atoms. The summed E-state index contributed by atoms with van der Waals surface area (Å²) < 4.78 is 26.7. The Balaban J connectivity index is 4.03. The quantitative estimate of drug-likeness (QED) is 0.638. The molecule has 0 aliphatic carbocycles. The highest BCUT2D eigenvalue weighted by Gasteiger charge is 2.16. The monoisotopic (exact) mass is 179 g/mol. The number of hydrogen-bond donors (Lipinski definition) is 1. The fraction of sp³-hybridized carbons (Fsp3) is 0.667. The average Bonchev–Trinajstić information content (AvgIpc) is 2.00. The maximum Gasteiger partial charge on any atom is 0.197 e. The number of nitrogens with two attached hydrogens (primary N) is 1. The maximum absolute atomic E-state index is 10.9. The van der Waals surface area contributed by atoms with E-state index in [-0.39, 0.29) is 6.61 Å². The average molecular weight is 179 g/mol. The predicted octanol–water partition coefficient (Wildman–Crippen LogP) is -0.134. The van der Waals surface area contributed by atoms with Crippen molar-refractivity contribution in [3.63, 3.8) is 0 Å². The van der Waals surface area contributed by atoms with E-state index in [1.165, 1.54) is 6.92 Å². The Morgan fingerprint density at radius 2 is 2.27 bits per heavy atom. The third-order valence-electron chi connectivity index (χ3n) is 1.17. The summed E-state index contributed by atoms with van der Waals surface area (Å²) in [7, 11) is -3.28. The first-order valence-corrected chi connectivity index (χ1v) is 4.83. The molecular formula is C6H13NO3S. The highest BCUT2D eigenvalue weighted by Crippen LogP contribution is 2.03. The fourth-order valence-corrected chi connectivity index (χ4v) is 1.02. The summed E-state index contributed by atoms with van der Waals surface area (Å²) in [5.41, 5.74) is 4.27. The van der Waals surface area contributed by atoms with Gasteiger partial charge in [-0.05, 0) is 6.92 Å². The molecule has 1 atom stereocenters. The minimum atomic E-state index is -3.28. The highest BCUT2D eigenvalue weighted by molar-refractivity contribution is 7.94. The molecule has 0 aliphatic heterocycles. The zero-order chi connectivity index (χ0) is 8.91. The molecular weight excluding hydrogens is 166 g/mol. The summed E-state index contributed by atoms with van der Waals surface area (Å²) in [6, 6.07) is 0. The van der Waals surface area contributed by atoms with E-state index in [0.29, 0.717) is 6.54 Å². The van der Waals surface area contributed by atoms with Crippen LogP contribution in [0.5, 0.6) is 0 Å². The molecule has 0 rings (SSSR count). The molecule has 0 amide bonds. The summed E-state index contributed by atoms with van der Waals surface area (Å²) in [6.45, 7) is 5.17. The first-order chi connectivity index (χ1) is 5.04. The van der Waals surface area contributed by atoms with Gasteiger partial charge in [0.2, 0.25) is 0 Å². The van der Waals surface area contributed by atoms with Gasteiger partial charge in [-0.25, -0.2) is 8.42 Å². The van der Waals surface area contributed by atoms with Crippen molar-refractivity contribution in [1.82, 2.24) is 0 Å². The third kappa shape index (κ3) is 3.50. The lowest BCUT2D eigenvalue weighted by Crippen LogP contribution is -2.22. The Morgan fingerprint density at radius 3 is 2.64 bits per heavy atom. The molecule has 0 aromatic carbocycles. The van der Waals surface area contributed by atoms with Gasteiger partial charge in [0.1, 0.15) is 0 Å². The van der Waals surface area contributed by atoms with Gasteiger partial charge in [0.05, 0.1) is 6.61 Å². The van der Waals surface area contributed by atoms with Crippen molar-refractivity contribution in [2.24, 2.45) is 5.73 Å². The van der Waals surface area contributed by atoms with Crippen molar-refractivity contribution in [1.29, 1.82) is 0 Å². The summed E-state index contributed by atoms with van der Waals surface area (Å²) >= 11 is 0. The molecule has 11 heavy (non-hydrogen) atoms. The van der Waals surface area contributed by atoms with E-state index >= 15 is 0 Å². The van der Waals surface area contributed by atoms with Crippen LogP contribution in [-0.4, -0.2) is 27.0 Å². The van der Waals surface area contributed by atoms with Crippen molar-refractivity contribution < 1.29 is 13.2 Å². The zero-order valence-electron chi connectivity index (χ0n) is 6.49. The largest absolute Gasteiger partial charge is 0.361 e. The van der Waals surface area contributed by atoms with Crippen molar-refractivity contribution in [3.8, 4) is 0 Å². The van der Waals surface area contributed by atoms with Crippen LogP contribution in [0.1, 0.15) is 6.92 Å². The molecule has 0 radical (unpaired) electrons. The highest BCUT2D eigenvalue weighted by atomic mass is 32.2. The summed E-state index contributed by atoms with van der Waals surface area (Å²) in [4.78, 5) is 0. The van der Waals surface area contributed by atoms with Gasteiger partial charge in [0, 0.05) is 12.0 Å². The van der Waals surface area contributed by atoms with E-state index in [1.54, 1.807) is 0 Å². The second kappa shape index (κ2) is 4.48. The van der Waals surface area contributed by atoms with Gasteiger partial charge in [-0.15, -0.1) is 0 Å². The van der Waals surface area contributed by atoms with E-state index in [0.717, 1.165) is 5.41 Å². The smallest absolute Gasteiger partial charge is 0.197 e. The standard InChI is InChI=1S/C6H13NO3S/c1-3-11(8,9)6(2)10-5-4-7/h3,6H,1,4-5,7H2,2H3. The van der Waals surface area contributed by atoms with Crippen LogP contribution in [0.2, 0.25) is 0 Å². The van der Waals surface area contributed by atoms with Crippen LogP contribution in [-0.2, 0) is 14.6 Å². The van der Waals surface area contributed by atoms with Gasteiger partial charge in [0.15, 0.2) is 15.3 Å². The number of ether oxygens (including phenoxy) is 1. The second-order valence-corrected chi connectivity index (χ2v) is 4.16. The SMILES string of the molecule is C=CS(=O)(=O)C(C)OCCN. The van der Waals surface area contributed by atoms with Crippen LogP contribution in [0.15, 0.2) is 12.0 Å². The third-order valence-corrected chi connectivity index (χ3v) is 2.69. The lowest BCUT2D eigenvalue weighted by molar-refractivity contribution is 0.124. The molecule has 0 spiro atoms. The van der Waals surface area contributed by atoms with Gasteiger partial charge >= 0.3 is 0 Å². The van der Waals surface area contributed by atoms with Gasteiger partial charge in [-0.3, -0.25) is 0 Å². The van der Waals surface area contributed by atoms with E-state index in [2.05, 4.69) is 6.58 Å². The van der Waals surface area contributed by atoms with Crippen molar-refractivity contribution in [3.05, 3.63) is 12.0 Å². The Hall–Kier alpha value is -0.390. The normalized spacial score (nSPS) is 14.4. The Bertz CT molecular complexity index is 210. The zero-order valence-corrected chi connectivity index (χ0v) is 7.30. The van der Waals surface area contributed by atoms with Gasteiger partial charge in [-0.2, -0.15) is 0 Å². The van der Waals surface area contributed by atoms with E-state index in [1.807, 2.05) is 0 Å². The molecule has 0 aliphatic rings. The van der Waals surface area contributed by atoms with Gasteiger partial charge < -0.3 is 10.5 Å². The first-order valence-electron chi connectivity index (χ1n) is 3.22. The molecule has 0 saturated heterocycles. The van der Waals surface area contributed by atoms with Crippen molar-refractivity contribution >= 4 is 9.84 Å². The van der Waals surface area contributed by atoms with Crippen LogP contribution in [0.3, 0.4) is 0 Å². The van der Waals surface area contributed by atoms with Crippen molar-refractivity contribution in [2.45, 2.75) is 12.4 Å². The molecule has 66 valence electrons.